The van der Waals surface area contributed by atoms with Gasteiger partial charge in [-0.15, -0.1) is 35.3 Å². The number of nitrogens with two attached hydrogens (primary N) is 1. The van der Waals surface area contributed by atoms with E-state index < -0.39 is 0 Å². The average Bonchev–Trinajstić information content (AvgIpc) is 2.96. The van der Waals surface area contributed by atoms with Crippen LogP contribution in [0.25, 0.3) is 0 Å². The minimum atomic E-state index is 0. The molecule has 0 bridgehead atoms. The molecule has 1 aromatic rings. The van der Waals surface area contributed by atoms with E-state index >= 15 is 0 Å². The average molecular weight is 394 g/mol. The Morgan fingerprint density at radius 1 is 1.53 bits per heavy atom. The lowest BCUT2D eigenvalue weighted by Gasteiger charge is -2.11. The zero-order valence-corrected chi connectivity index (χ0v) is 14.7. The topological polar surface area (TPSA) is 63.3 Å². The van der Waals surface area contributed by atoms with E-state index in [1.807, 2.05) is 0 Å². The molecule has 0 radical (unpaired) electrons. The van der Waals surface area contributed by atoms with E-state index in [-0.39, 0.29) is 24.0 Å². The maximum atomic E-state index is 5.88. The molecule has 0 unspecified atom stereocenters. The van der Waals surface area contributed by atoms with Gasteiger partial charge in [0.2, 0.25) is 0 Å². The third-order valence-electron chi connectivity index (χ3n) is 3.25. The van der Waals surface area contributed by atoms with Crippen molar-refractivity contribution in [1.82, 2.24) is 10.3 Å². The summed E-state index contributed by atoms with van der Waals surface area (Å²) < 4.78 is 0. The van der Waals surface area contributed by atoms with Crippen molar-refractivity contribution >= 4 is 41.3 Å². The molecule has 0 spiro atoms. The summed E-state index contributed by atoms with van der Waals surface area (Å²) in [6.07, 6.45) is 5.03. The van der Waals surface area contributed by atoms with E-state index in [1.54, 1.807) is 11.3 Å². The Labute approximate surface area is 136 Å². The lowest BCUT2D eigenvalue weighted by atomic mass is 10.2. The van der Waals surface area contributed by atoms with Gasteiger partial charge < -0.3 is 11.1 Å². The van der Waals surface area contributed by atoms with Crippen LogP contribution in [0.3, 0.4) is 0 Å². The number of thiazole rings is 1. The molecular weight excluding hydrogens is 371 g/mol. The van der Waals surface area contributed by atoms with Crippen molar-refractivity contribution < 1.29 is 0 Å². The standard InChI is InChI=1S/C13H22N4S.HI/c1-9(2)11-8-18-12(17-11)7-15-13(14)16-10-5-3-4-6-10;/h8-10H,3-7H2,1-2H3,(H3,14,15,16);1H. The number of aliphatic imine (C=N–C) groups is 1. The van der Waals surface area contributed by atoms with Crippen LogP contribution in [-0.2, 0) is 6.54 Å². The second kappa shape index (κ2) is 8.04. The summed E-state index contributed by atoms with van der Waals surface area (Å²) in [5.74, 6) is 1.04. The van der Waals surface area contributed by atoms with Crippen molar-refractivity contribution in [1.29, 1.82) is 0 Å². The number of guanidine groups is 1. The summed E-state index contributed by atoms with van der Waals surface area (Å²) in [5.41, 5.74) is 7.03. The van der Waals surface area contributed by atoms with Crippen LogP contribution in [0, 0.1) is 0 Å². The van der Waals surface area contributed by atoms with Crippen LogP contribution in [0.1, 0.15) is 56.2 Å². The SMILES string of the molecule is CC(C)c1csc(CN=C(N)NC2CCCC2)n1.I. The maximum Gasteiger partial charge on any atom is 0.189 e. The third kappa shape index (κ3) is 5.25. The highest BCUT2D eigenvalue weighted by molar-refractivity contribution is 14.0. The molecule has 1 heterocycles. The number of nitrogens with one attached hydrogen (secondary N) is 1. The predicted octanol–water partition coefficient (Wildman–Crippen LogP) is 3.23. The summed E-state index contributed by atoms with van der Waals surface area (Å²) in [7, 11) is 0. The molecule has 6 heteroatoms. The minimum absolute atomic E-state index is 0. The molecule has 1 saturated carbocycles. The predicted molar refractivity (Wildman–Crippen MR) is 92.3 cm³/mol. The van der Waals surface area contributed by atoms with Gasteiger partial charge in [0, 0.05) is 11.4 Å². The van der Waals surface area contributed by atoms with Gasteiger partial charge in [-0.1, -0.05) is 26.7 Å². The summed E-state index contributed by atoms with van der Waals surface area (Å²) >= 11 is 1.66. The largest absolute Gasteiger partial charge is 0.370 e. The molecule has 19 heavy (non-hydrogen) atoms. The molecule has 0 amide bonds. The number of hydrogen-bond donors (Lipinski definition) is 2. The Kier molecular flexibility index (Phi) is 7.06. The molecule has 108 valence electrons. The van der Waals surface area contributed by atoms with Crippen molar-refractivity contribution in [2.24, 2.45) is 10.7 Å². The first-order valence-electron chi connectivity index (χ1n) is 6.66. The van der Waals surface area contributed by atoms with E-state index in [9.17, 15) is 0 Å². The summed E-state index contributed by atoms with van der Waals surface area (Å²) in [4.78, 5) is 8.90. The second-order valence-electron chi connectivity index (χ2n) is 5.15. The van der Waals surface area contributed by atoms with Crippen molar-refractivity contribution in [2.75, 3.05) is 0 Å². The lowest BCUT2D eigenvalue weighted by Crippen LogP contribution is -2.38. The quantitative estimate of drug-likeness (QED) is 0.468. The lowest BCUT2D eigenvalue weighted by molar-refractivity contribution is 0.625. The van der Waals surface area contributed by atoms with Crippen LogP contribution >= 0.6 is 35.3 Å². The fourth-order valence-corrected chi connectivity index (χ4v) is 3.02. The highest BCUT2D eigenvalue weighted by atomic mass is 127. The Hall–Kier alpha value is -0.370. The number of halogens is 1. The molecule has 1 aliphatic rings. The molecular formula is C13H23IN4S. The second-order valence-corrected chi connectivity index (χ2v) is 6.09. The molecule has 0 atom stereocenters. The molecule has 2 rings (SSSR count). The van der Waals surface area contributed by atoms with Crippen LogP contribution in [0.15, 0.2) is 10.4 Å². The van der Waals surface area contributed by atoms with Crippen molar-refractivity contribution in [2.45, 2.75) is 58.0 Å². The smallest absolute Gasteiger partial charge is 0.189 e. The van der Waals surface area contributed by atoms with Gasteiger partial charge in [-0.25, -0.2) is 9.98 Å². The van der Waals surface area contributed by atoms with Crippen LogP contribution in [-0.4, -0.2) is 17.0 Å². The van der Waals surface area contributed by atoms with Crippen LogP contribution < -0.4 is 11.1 Å². The molecule has 0 aliphatic heterocycles. The Morgan fingerprint density at radius 3 is 2.79 bits per heavy atom. The zero-order chi connectivity index (χ0) is 13.0. The van der Waals surface area contributed by atoms with E-state index in [0.717, 1.165) is 10.7 Å². The highest BCUT2D eigenvalue weighted by Gasteiger charge is 2.14. The van der Waals surface area contributed by atoms with Gasteiger partial charge in [0.25, 0.3) is 0 Å². The molecule has 1 aromatic heterocycles. The molecule has 1 fully saturated rings. The summed E-state index contributed by atoms with van der Waals surface area (Å²) in [6, 6.07) is 0.524. The van der Waals surface area contributed by atoms with Gasteiger partial charge in [0.15, 0.2) is 5.96 Å². The van der Waals surface area contributed by atoms with E-state index in [0.29, 0.717) is 24.5 Å². The first kappa shape index (κ1) is 16.7. The van der Waals surface area contributed by atoms with Gasteiger partial charge in [-0.2, -0.15) is 0 Å². The fraction of sp³-hybridized carbons (Fsp3) is 0.692. The van der Waals surface area contributed by atoms with Gasteiger partial charge in [0.05, 0.1) is 12.2 Å². The number of rotatable bonds is 4. The molecule has 3 N–H and O–H groups in total. The van der Waals surface area contributed by atoms with Gasteiger partial charge >= 0.3 is 0 Å². The summed E-state index contributed by atoms with van der Waals surface area (Å²) in [5, 5.41) is 6.43. The minimum Gasteiger partial charge on any atom is -0.370 e. The molecule has 4 nitrogen and oxygen atoms in total. The van der Waals surface area contributed by atoms with Crippen LogP contribution in [0.4, 0.5) is 0 Å². The van der Waals surface area contributed by atoms with Crippen molar-refractivity contribution in [3.8, 4) is 0 Å². The van der Waals surface area contributed by atoms with Crippen molar-refractivity contribution in [3.63, 3.8) is 0 Å². The normalized spacial score (nSPS) is 16.7. The monoisotopic (exact) mass is 394 g/mol. The Morgan fingerprint density at radius 2 is 2.21 bits per heavy atom. The van der Waals surface area contributed by atoms with Crippen LogP contribution in [0.2, 0.25) is 0 Å². The van der Waals surface area contributed by atoms with Crippen molar-refractivity contribution in [3.05, 3.63) is 16.1 Å². The highest BCUT2D eigenvalue weighted by Crippen LogP contribution is 2.19. The van der Waals surface area contributed by atoms with E-state index in [4.69, 9.17) is 5.73 Å². The first-order chi connectivity index (χ1) is 8.65. The van der Waals surface area contributed by atoms with E-state index in [2.05, 4.69) is 34.5 Å². The van der Waals surface area contributed by atoms with Gasteiger partial charge in [-0.05, 0) is 18.8 Å². The fourth-order valence-electron chi connectivity index (χ4n) is 2.14. The maximum absolute atomic E-state index is 5.88. The molecule has 0 aromatic carbocycles. The third-order valence-corrected chi connectivity index (χ3v) is 4.10. The number of aromatic nitrogens is 1. The Balaban J connectivity index is 0.00000180. The van der Waals surface area contributed by atoms with Crippen LogP contribution in [0.5, 0.6) is 0 Å². The van der Waals surface area contributed by atoms with Gasteiger partial charge in [0.1, 0.15) is 5.01 Å². The molecule has 0 saturated heterocycles. The van der Waals surface area contributed by atoms with Gasteiger partial charge in [-0.3, -0.25) is 0 Å². The zero-order valence-electron chi connectivity index (χ0n) is 11.6. The number of hydrogen-bond acceptors (Lipinski definition) is 3. The molecule has 1 aliphatic carbocycles. The Bertz CT molecular complexity index is 411. The number of nitrogens with zero attached hydrogens (tertiary/aromatic N) is 2. The summed E-state index contributed by atoms with van der Waals surface area (Å²) in [6.45, 7) is 4.89. The first-order valence-corrected chi connectivity index (χ1v) is 7.54. The van der Waals surface area contributed by atoms with E-state index in [1.165, 1.54) is 25.7 Å².